The van der Waals surface area contributed by atoms with Crippen molar-refractivity contribution in [3.8, 4) is 0 Å². The fourth-order valence-corrected chi connectivity index (χ4v) is 4.74. The first-order valence-electron chi connectivity index (χ1n) is 9.14. The smallest absolute Gasteiger partial charge is 0.376 e. The number of carbonyl (C=O) groups is 1. The van der Waals surface area contributed by atoms with Crippen LogP contribution in [0.2, 0.25) is 0 Å². The van der Waals surface area contributed by atoms with Gasteiger partial charge in [0.1, 0.15) is 17.8 Å². The van der Waals surface area contributed by atoms with Crippen molar-refractivity contribution in [3.05, 3.63) is 18.6 Å². The van der Waals surface area contributed by atoms with Gasteiger partial charge in [-0.1, -0.05) is 6.92 Å². The molecule has 1 amide bonds. The van der Waals surface area contributed by atoms with Gasteiger partial charge in [0.15, 0.2) is 0 Å². The van der Waals surface area contributed by atoms with E-state index < -0.39 is 18.2 Å². The lowest BCUT2D eigenvalue weighted by molar-refractivity contribution is -0.210. The molecule has 2 fully saturated rings. The van der Waals surface area contributed by atoms with Crippen LogP contribution >= 0.6 is 0 Å². The quantitative estimate of drug-likeness (QED) is 0.827. The largest absolute Gasteiger partial charge is 0.423 e. The van der Waals surface area contributed by atoms with Gasteiger partial charge in [0, 0.05) is 32.4 Å². The van der Waals surface area contributed by atoms with Crippen LogP contribution in [-0.2, 0) is 4.79 Å². The van der Waals surface area contributed by atoms with Crippen LogP contribution in [0, 0.1) is 11.3 Å². The van der Waals surface area contributed by atoms with Crippen LogP contribution in [0.25, 0.3) is 11.0 Å². The summed E-state index contributed by atoms with van der Waals surface area (Å²) in [5, 5.41) is 10.2. The third-order valence-corrected chi connectivity index (χ3v) is 6.31. The highest BCUT2D eigenvalue weighted by Crippen LogP contribution is 2.50. The summed E-state index contributed by atoms with van der Waals surface area (Å²) in [4.78, 5) is 27.0. The van der Waals surface area contributed by atoms with Gasteiger partial charge in [-0.25, -0.2) is 9.97 Å². The second-order valence-corrected chi connectivity index (χ2v) is 8.16. The molecule has 10 heteroatoms. The fraction of sp³-hybridized carbons (Fsp3) is 0.611. The number of rotatable bonds is 3. The molecule has 152 valence electrons. The van der Waals surface area contributed by atoms with E-state index >= 15 is 0 Å². The van der Waals surface area contributed by atoms with Gasteiger partial charge in [-0.2, -0.15) is 13.2 Å². The summed E-state index contributed by atoms with van der Waals surface area (Å²) >= 11 is 0. The summed E-state index contributed by atoms with van der Waals surface area (Å²) < 4.78 is 38.0. The maximum absolute atomic E-state index is 12.7. The van der Waals surface area contributed by atoms with Crippen molar-refractivity contribution in [1.82, 2.24) is 19.9 Å². The van der Waals surface area contributed by atoms with Crippen LogP contribution in [0.4, 0.5) is 19.0 Å². The van der Waals surface area contributed by atoms with Gasteiger partial charge in [-0.3, -0.25) is 4.79 Å². The van der Waals surface area contributed by atoms with Crippen molar-refractivity contribution in [2.24, 2.45) is 11.3 Å². The molecule has 0 aromatic carbocycles. The topological polar surface area (TPSA) is 85.4 Å². The van der Waals surface area contributed by atoms with Gasteiger partial charge < -0.3 is 19.9 Å². The van der Waals surface area contributed by atoms with Crippen molar-refractivity contribution in [2.45, 2.75) is 38.1 Å². The number of halogens is 3. The highest BCUT2D eigenvalue weighted by molar-refractivity contribution is 5.87. The van der Waals surface area contributed by atoms with Crippen molar-refractivity contribution in [1.29, 1.82) is 0 Å². The van der Waals surface area contributed by atoms with Gasteiger partial charge in [-0.15, -0.1) is 0 Å². The number of aromatic nitrogens is 3. The van der Waals surface area contributed by atoms with E-state index in [4.69, 9.17) is 0 Å². The van der Waals surface area contributed by atoms with Gasteiger partial charge in [0.05, 0.1) is 5.39 Å². The molecule has 2 aromatic rings. The summed E-state index contributed by atoms with van der Waals surface area (Å²) in [6, 6.07) is 2.07. The number of amides is 1. The molecule has 4 rings (SSSR count). The summed E-state index contributed by atoms with van der Waals surface area (Å²) in [6.45, 7) is 2.46. The first-order chi connectivity index (χ1) is 13.1. The lowest BCUT2D eigenvalue weighted by Gasteiger charge is -2.30. The van der Waals surface area contributed by atoms with Crippen molar-refractivity contribution < 1.29 is 23.1 Å². The number of H-pyrrole nitrogens is 1. The number of hydrogen-bond donors (Lipinski definition) is 2. The normalized spacial score (nSPS) is 28.6. The zero-order chi connectivity index (χ0) is 20.3. The highest BCUT2D eigenvalue weighted by Gasteiger charge is 2.54. The SMILES string of the molecule is CN(c1ncnc2[nH]ccc12)[C@@H]1C[C@H]2CN(C(=O)C(O)C(F)(F)F)C[C@@]2(C)C1. The molecule has 0 bridgehead atoms. The Labute approximate surface area is 159 Å². The Kier molecular flexibility index (Phi) is 4.29. The molecule has 1 aliphatic heterocycles. The molecule has 2 N–H and O–H groups in total. The van der Waals surface area contributed by atoms with E-state index in [1.165, 1.54) is 6.33 Å². The van der Waals surface area contributed by atoms with E-state index in [1.54, 1.807) is 6.20 Å². The summed E-state index contributed by atoms with van der Waals surface area (Å²) in [5.41, 5.74) is 0.462. The average Bonchev–Trinajstić information content (AvgIpc) is 3.30. The second-order valence-electron chi connectivity index (χ2n) is 8.16. The molecule has 2 aliphatic rings. The minimum Gasteiger partial charge on any atom is -0.376 e. The number of nitrogens with one attached hydrogen (secondary N) is 1. The molecular formula is C18H22F3N5O2. The van der Waals surface area contributed by atoms with Crippen LogP contribution in [0.1, 0.15) is 19.8 Å². The summed E-state index contributed by atoms with van der Waals surface area (Å²) in [7, 11) is 1.96. The van der Waals surface area contributed by atoms with E-state index in [0.717, 1.165) is 34.6 Å². The van der Waals surface area contributed by atoms with Crippen LogP contribution in [0.3, 0.4) is 0 Å². The number of likely N-dealkylation sites (tertiary alicyclic amines) is 1. The Balaban J connectivity index is 1.48. The van der Waals surface area contributed by atoms with Crippen molar-refractivity contribution >= 4 is 22.8 Å². The first-order valence-corrected chi connectivity index (χ1v) is 9.14. The second kappa shape index (κ2) is 6.33. The Hall–Kier alpha value is -2.36. The predicted molar refractivity (Wildman–Crippen MR) is 95.6 cm³/mol. The van der Waals surface area contributed by atoms with Crippen LogP contribution < -0.4 is 4.90 Å². The Bertz CT molecular complexity index is 901. The number of alkyl halides is 3. The predicted octanol–water partition coefficient (Wildman–Crippen LogP) is 1.94. The van der Waals surface area contributed by atoms with Gasteiger partial charge in [0.25, 0.3) is 5.91 Å². The van der Waals surface area contributed by atoms with E-state index in [0.29, 0.717) is 0 Å². The van der Waals surface area contributed by atoms with Crippen LogP contribution in [0.5, 0.6) is 0 Å². The molecule has 1 saturated carbocycles. The Morgan fingerprint density at radius 3 is 2.89 bits per heavy atom. The van der Waals surface area contributed by atoms with E-state index in [2.05, 4.69) is 19.9 Å². The zero-order valence-corrected chi connectivity index (χ0v) is 15.6. The monoisotopic (exact) mass is 397 g/mol. The number of aromatic amines is 1. The maximum Gasteiger partial charge on any atom is 0.423 e. The molecule has 28 heavy (non-hydrogen) atoms. The van der Waals surface area contributed by atoms with Crippen LogP contribution in [0.15, 0.2) is 18.6 Å². The number of aliphatic hydroxyl groups excluding tert-OH is 1. The molecule has 0 radical (unpaired) electrons. The van der Waals surface area contributed by atoms with E-state index in [-0.39, 0.29) is 30.5 Å². The van der Waals surface area contributed by atoms with Gasteiger partial charge >= 0.3 is 6.18 Å². The average molecular weight is 397 g/mol. The summed E-state index contributed by atoms with van der Waals surface area (Å²) in [5.74, 6) is -0.369. The number of carbonyl (C=O) groups excluding carboxylic acids is 1. The van der Waals surface area contributed by atoms with Gasteiger partial charge in [-0.05, 0) is 30.2 Å². The first kappa shape index (κ1) is 19.0. The molecule has 1 unspecified atom stereocenters. The number of nitrogens with zero attached hydrogens (tertiary/aromatic N) is 4. The van der Waals surface area contributed by atoms with E-state index in [9.17, 15) is 23.1 Å². The molecule has 7 nitrogen and oxygen atoms in total. The number of anilines is 1. The van der Waals surface area contributed by atoms with Gasteiger partial charge in [0.2, 0.25) is 6.10 Å². The molecule has 2 aromatic heterocycles. The minimum absolute atomic E-state index is 0.0767. The third-order valence-electron chi connectivity index (χ3n) is 6.31. The number of hydrogen-bond acceptors (Lipinski definition) is 5. The number of aliphatic hydroxyl groups is 1. The van der Waals surface area contributed by atoms with E-state index in [1.807, 2.05) is 20.0 Å². The van der Waals surface area contributed by atoms with Crippen molar-refractivity contribution in [3.63, 3.8) is 0 Å². The maximum atomic E-state index is 12.7. The lowest BCUT2D eigenvalue weighted by Crippen LogP contribution is -2.46. The summed E-state index contributed by atoms with van der Waals surface area (Å²) in [6.07, 6.45) is -3.10. The molecule has 0 spiro atoms. The lowest BCUT2D eigenvalue weighted by atomic mass is 9.83. The van der Waals surface area contributed by atoms with Crippen molar-refractivity contribution in [2.75, 3.05) is 25.0 Å². The minimum atomic E-state index is -4.94. The number of fused-ring (bicyclic) bond motifs is 2. The highest BCUT2D eigenvalue weighted by atomic mass is 19.4. The molecule has 4 atom stereocenters. The molecule has 1 aliphatic carbocycles. The van der Waals surface area contributed by atoms with Crippen LogP contribution in [-0.4, -0.2) is 69.3 Å². The standard InChI is InChI=1S/C18H22F3N5O2/c1-17-6-11(25(2)15-12-3-4-22-14(12)23-9-24-15)5-10(17)7-26(8-17)16(28)13(27)18(19,20)21/h3-4,9-11,13,27H,5-8H2,1-2H3,(H,22,23,24)/t10-,11+,13?,17+/m0/s1. The molecule has 1 saturated heterocycles. The Morgan fingerprint density at radius 1 is 1.46 bits per heavy atom. The molecule has 3 heterocycles. The zero-order valence-electron chi connectivity index (χ0n) is 15.6. The third kappa shape index (κ3) is 2.99. The Morgan fingerprint density at radius 2 is 2.21 bits per heavy atom. The molecular weight excluding hydrogens is 375 g/mol. The fourth-order valence-electron chi connectivity index (χ4n) is 4.74.